The minimum atomic E-state index is -0.733. The molecular weight excluding hydrogens is 266 g/mol. The smallest absolute Gasteiger partial charge is 0.303 e. The first kappa shape index (κ1) is 15.6. The Labute approximate surface area is 125 Å². The molecule has 0 spiro atoms. The van der Waals surface area contributed by atoms with Crippen LogP contribution in [0.2, 0.25) is 0 Å². The van der Waals surface area contributed by atoms with Gasteiger partial charge in [-0.15, -0.1) is 0 Å². The number of nitrogens with zero attached hydrogens (tertiary/aromatic N) is 1. The molecule has 1 atom stereocenters. The van der Waals surface area contributed by atoms with Gasteiger partial charge in [0.2, 0.25) is 0 Å². The maximum absolute atomic E-state index is 10.7. The van der Waals surface area contributed by atoms with E-state index in [0.717, 1.165) is 36.2 Å². The molecule has 0 bridgehead atoms. The lowest BCUT2D eigenvalue weighted by molar-refractivity contribution is -0.137. The van der Waals surface area contributed by atoms with Crippen molar-refractivity contribution in [3.63, 3.8) is 0 Å². The van der Waals surface area contributed by atoms with E-state index in [-0.39, 0.29) is 12.5 Å². The molecule has 0 aliphatic carbocycles. The zero-order valence-corrected chi connectivity index (χ0v) is 12.7. The fraction of sp³-hybridized carbons (Fsp3) is 0.471. The van der Waals surface area contributed by atoms with Crippen LogP contribution in [0.3, 0.4) is 0 Å². The molecule has 0 radical (unpaired) electrons. The fourth-order valence-corrected chi connectivity index (χ4v) is 2.61. The highest BCUT2D eigenvalue weighted by Gasteiger charge is 2.18. The van der Waals surface area contributed by atoms with Gasteiger partial charge in [0.05, 0.1) is 6.04 Å². The van der Waals surface area contributed by atoms with E-state index in [1.807, 2.05) is 24.3 Å². The predicted octanol–water partition coefficient (Wildman–Crippen LogP) is 4.07. The Kier molecular flexibility index (Phi) is 5.39. The average molecular weight is 289 g/mol. The maximum Gasteiger partial charge on any atom is 0.303 e. The molecule has 0 amide bonds. The van der Waals surface area contributed by atoms with Gasteiger partial charge >= 0.3 is 5.97 Å². The Morgan fingerprint density at radius 2 is 2.10 bits per heavy atom. The van der Waals surface area contributed by atoms with Crippen LogP contribution in [-0.4, -0.2) is 29.1 Å². The van der Waals surface area contributed by atoms with Gasteiger partial charge in [0.15, 0.2) is 0 Å². The van der Waals surface area contributed by atoms with Crippen molar-refractivity contribution in [2.24, 2.45) is 0 Å². The van der Waals surface area contributed by atoms with E-state index in [9.17, 15) is 4.79 Å². The maximum atomic E-state index is 10.7. The van der Waals surface area contributed by atoms with Crippen molar-refractivity contribution in [2.45, 2.75) is 39.2 Å². The third-order valence-corrected chi connectivity index (χ3v) is 3.75. The molecule has 1 N–H and O–H groups in total. The van der Waals surface area contributed by atoms with E-state index in [0.29, 0.717) is 6.42 Å². The predicted molar refractivity (Wildman–Crippen MR) is 83.4 cm³/mol. The fourth-order valence-electron chi connectivity index (χ4n) is 2.61. The van der Waals surface area contributed by atoms with Gasteiger partial charge in [0, 0.05) is 11.8 Å². The Bertz CT molecular complexity index is 557. The van der Waals surface area contributed by atoms with Crippen LogP contribution in [0.4, 0.5) is 0 Å². The quantitative estimate of drug-likeness (QED) is 0.796. The van der Waals surface area contributed by atoms with Crippen LogP contribution >= 0.6 is 0 Å². The molecule has 1 unspecified atom stereocenters. The summed E-state index contributed by atoms with van der Waals surface area (Å²) in [5.41, 5.74) is 0.904. The molecule has 21 heavy (non-hydrogen) atoms. The molecule has 1 aromatic heterocycles. The van der Waals surface area contributed by atoms with Gasteiger partial charge in [0.25, 0.3) is 0 Å². The lowest BCUT2D eigenvalue weighted by Gasteiger charge is -2.27. The zero-order valence-electron chi connectivity index (χ0n) is 12.7. The summed E-state index contributed by atoms with van der Waals surface area (Å²) in [5.74, 6) is 0.211. The number of carbonyl (C=O) groups is 1. The Hall–Kier alpha value is -1.81. The molecule has 2 rings (SSSR count). The summed E-state index contributed by atoms with van der Waals surface area (Å²) in [6, 6.07) is 10.2. The van der Waals surface area contributed by atoms with Crippen molar-refractivity contribution in [1.29, 1.82) is 0 Å². The summed E-state index contributed by atoms with van der Waals surface area (Å²) in [7, 11) is 0. The topological polar surface area (TPSA) is 53.7 Å². The summed E-state index contributed by atoms with van der Waals surface area (Å²) >= 11 is 0. The van der Waals surface area contributed by atoms with Crippen molar-refractivity contribution in [3.8, 4) is 0 Å². The average Bonchev–Trinajstić information content (AvgIpc) is 2.89. The highest BCUT2D eigenvalue weighted by molar-refractivity contribution is 5.77. The number of fused-ring (bicyclic) bond motifs is 1. The molecule has 2 aromatic rings. The second-order valence-electron chi connectivity index (χ2n) is 5.40. The molecule has 0 saturated carbocycles. The van der Waals surface area contributed by atoms with E-state index in [4.69, 9.17) is 9.52 Å². The molecular formula is C17H23NO3. The second kappa shape index (κ2) is 7.27. The monoisotopic (exact) mass is 289 g/mol. The highest BCUT2D eigenvalue weighted by atomic mass is 16.4. The number of rotatable bonds is 8. The van der Waals surface area contributed by atoms with Crippen molar-refractivity contribution >= 4 is 16.9 Å². The SMILES string of the molecule is CCCN(CCCC(=O)O)C(C)c1cc2ccccc2o1. The molecule has 1 aromatic carbocycles. The Morgan fingerprint density at radius 3 is 2.76 bits per heavy atom. The van der Waals surface area contributed by atoms with Gasteiger partial charge in [-0.25, -0.2) is 0 Å². The van der Waals surface area contributed by atoms with Gasteiger partial charge in [0.1, 0.15) is 11.3 Å². The molecule has 114 valence electrons. The number of furan rings is 1. The first-order valence-electron chi connectivity index (χ1n) is 7.56. The number of hydrogen-bond donors (Lipinski definition) is 1. The summed E-state index contributed by atoms with van der Waals surface area (Å²) in [6.45, 7) is 5.97. The van der Waals surface area contributed by atoms with Gasteiger partial charge in [-0.05, 0) is 45.0 Å². The first-order valence-corrected chi connectivity index (χ1v) is 7.56. The van der Waals surface area contributed by atoms with Gasteiger partial charge in [-0.3, -0.25) is 9.69 Å². The normalized spacial score (nSPS) is 12.9. The van der Waals surface area contributed by atoms with Crippen LogP contribution in [0.1, 0.15) is 44.9 Å². The van der Waals surface area contributed by atoms with Crippen LogP contribution in [0.5, 0.6) is 0 Å². The molecule has 0 fully saturated rings. The summed E-state index contributed by atoms with van der Waals surface area (Å²) in [4.78, 5) is 13.0. The molecule has 4 heteroatoms. The van der Waals surface area contributed by atoms with Crippen LogP contribution in [0.25, 0.3) is 11.0 Å². The molecule has 4 nitrogen and oxygen atoms in total. The van der Waals surface area contributed by atoms with E-state index in [1.54, 1.807) is 0 Å². The second-order valence-corrected chi connectivity index (χ2v) is 5.40. The zero-order chi connectivity index (χ0) is 15.2. The van der Waals surface area contributed by atoms with E-state index >= 15 is 0 Å². The minimum absolute atomic E-state index is 0.158. The number of aliphatic carboxylic acids is 1. The van der Waals surface area contributed by atoms with Crippen molar-refractivity contribution < 1.29 is 14.3 Å². The molecule has 0 aliphatic rings. The van der Waals surface area contributed by atoms with Crippen molar-refractivity contribution in [1.82, 2.24) is 4.90 Å². The van der Waals surface area contributed by atoms with Gasteiger partial charge < -0.3 is 9.52 Å². The summed E-state index contributed by atoms with van der Waals surface area (Å²) < 4.78 is 5.93. The van der Waals surface area contributed by atoms with Gasteiger partial charge in [-0.2, -0.15) is 0 Å². The lowest BCUT2D eigenvalue weighted by atomic mass is 10.1. The molecule has 1 heterocycles. The number of carboxylic acids is 1. The highest BCUT2D eigenvalue weighted by Crippen LogP contribution is 2.27. The lowest BCUT2D eigenvalue weighted by Crippen LogP contribution is -2.29. The van der Waals surface area contributed by atoms with Crippen LogP contribution in [0, 0.1) is 0 Å². The van der Waals surface area contributed by atoms with Crippen LogP contribution in [0.15, 0.2) is 34.7 Å². The summed E-state index contributed by atoms with van der Waals surface area (Å²) in [5, 5.41) is 9.88. The van der Waals surface area contributed by atoms with Crippen molar-refractivity contribution in [2.75, 3.05) is 13.1 Å². The largest absolute Gasteiger partial charge is 0.481 e. The number of para-hydroxylation sites is 1. The third-order valence-electron chi connectivity index (χ3n) is 3.75. The van der Waals surface area contributed by atoms with Crippen LogP contribution in [-0.2, 0) is 4.79 Å². The van der Waals surface area contributed by atoms with Crippen molar-refractivity contribution in [3.05, 3.63) is 36.1 Å². The third kappa shape index (κ3) is 4.08. The Morgan fingerprint density at radius 1 is 1.33 bits per heavy atom. The number of hydrogen-bond acceptors (Lipinski definition) is 3. The van der Waals surface area contributed by atoms with E-state index in [2.05, 4.69) is 24.8 Å². The van der Waals surface area contributed by atoms with E-state index < -0.39 is 5.97 Å². The number of carboxylic acid groups (broad SMARTS) is 1. The Balaban J connectivity index is 2.08. The molecule has 0 saturated heterocycles. The minimum Gasteiger partial charge on any atom is -0.481 e. The van der Waals surface area contributed by atoms with Gasteiger partial charge in [-0.1, -0.05) is 25.1 Å². The van der Waals surface area contributed by atoms with E-state index in [1.165, 1.54) is 0 Å². The molecule has 0 aliphatic heterocycles. The first-order chi connectivity index (χ1) is 10.1. The van der Waals surface area contributed by atoms with Crippen LogP contribution < -0.4 is 0 Å². The summed E-state index contributed by atoms with van der Waals surface area (Å²) in [6.07, 6.45) is 1.92. The standard InChI is InChI=1S/C17H23NO3/c1-3-10-18(11-6-9-17(19)20)13(2)16-12-14-7-4-5-8-15(14)21-16/h4-5,7-8,12-13H,3,6,9-11H2,1-2H3,(H,19,20). The number of benzene rings is 1.